The van der Waals surface area contributed by atoms with E-state index < -0.39 is 0 Å². The number of hydrogen-bond acceptors (Lipinski definition) is 6. The summed E-state index contributed by atoms with van der Waals surface area (Å²) in [4.78, 5) is 40.0. The Morgan fingerprint density at radius 2 is 1.77 bits per heavy atom. The number of carbonyl (C=O) groups excluding carboxylic acids is 2. The summed E-state index contributed by atoms with van der Waals surface area (Å²) in [6, 6.07) is 16.3. The van der Waals surface area contributed by atoms with Gasteiger partial charge < -0.3 is 14.8 Å². The quantitative estimate of drug-likeness (QED) is 0.257. The molecule has 7 nitrogen and oxygen atoms in total. The van der Waals surface area contributed by atoms with Gasteiger partial charge in [0.15, 0.2) is 11.5 Å². The Labute approximate surface area is 207 Å². The first-order valence-electron chi connectivity index (χ1n) is 11.5. The standard InChI is InChI=1S/C27H28N2O5S/c1-17(2)34-15-9-14-28-26(31)25-23(33-3)22-24(35-25)19-12-7-8-13-20(19)29(27(22)32)16-21(30)18-10-5-4-6-11-18/h4-8,10-13,17H,9,14-16H2,1-3H3,(H,28,31). The number of carbonyl (C=O) groups is 2. The van der Waals surface area contributed by atoms with Crippen LogP contribution in [0, 0.1) is 0 Å². The van der Waals surface area contributed by atoms with Crippen LogP contribution in [-0.2, 0) is 11.3 Å². The summed E-state index contributed by atoms with van der Waals surface area (Å²) in [5.41, 5.74) is 0.804. The number of rotatable bonds is 10. The Kier molecular flexibility index (Phi) is 7.63. The van der Waals surface area contributed by atoms with Crippen molar-refractivity contribution < 1.29 is 19.1 Å². The summed E-state index contributed by atoms with van der Waals surface area (Å²) in [7, 11) is 1.45. The molecule has 0 unspecified atom stereocenters. The van der Waals surface area contributed by atoms with Crippen LogP contribution in [0.3, 0.4) is 0 Å². The third kappa shape index (κ3) is 5.13. The van der Waals surface area contributed by atoms with E-state index in [0.29, 0.717) is 45.6 Å². The SMILES string of the molecule is COc1c(C(=O)NCCCOC(C)C)sc2c1c(=O)n(CC(=O)c1ccccc1)c1ccccc21. The van der Waals surface area contributed by atoms with E-state index in [-0.39, 0.29) is 35.6 Å². The van der Waals surface area contributed by atoms with E-state index in [2.05, 4.69) is 5.32 Å². The molecular formula is C27H28N2O5S. The van der Waals surface area contributed by atoms with Crippen molar-refractivity contribution in [3.63, 3.8) is 0 Å². The van der Waals surface area contributed by atoms with Gasteiger partial charge in [-0.05, 0) is 26.3 Å². The molecule has 182 valence electrons. The molecule has 0 fully saturated rings. The molecule has 0 spiro atoms. The molecule has 2 aromatic carbocycles. The molecular weight excluding hydrogens is 464 g/mol. The normalized spacial score (nSPS) is 11.3. The first-order valence-corrected chi connectivity index (χ1v) is 12.3. The fourth-order valence-electron chi connectivity index (χ4n) is 3.98. The molecule has 0 bridgehead atoms. The maximum absolute atomic E-state index is 13.7. The highest BCUT2D eigenvalue weighted by atomic mass is 32.1. The van der Waals surface area contributed by atoms with Crippen LogP contribution < -0.4 is 15.6 Å². The van der Waals surface area contributed by atoms with Gasteiger partial charge in [-0.1, -0.05) is 48.5 Å². The third-order valence-corrected chi connectivity index (χ3v) is 6.83. The Bertz CT molecular complexity index is 1420. The number of pyridine rings is 1. The van der Waals surface area contributed by atoms with Gasteiger partial charge in [0.25, 0.3) is 11.5 Å². The van der Waals surface area contributed by atoms with Crippen LogP contribution in [0.2, 0.25) is 0 Å². The number of Topliss-reactive ketones (excluding diaryl/α,β-unsaturated/α-hetero) is 1. The van der Waals surface area contributed by atoms with E-state index in [1.807, 2.05) is 44.2 Å². The van der Waals surface area contributed by atoms with Crippen LogP contribution >= 0.6 is 11.3 Å². The van der Waals surface area contributed by atoms with Gasteiger partial charge in [-0.15, -0.1) is 11.3 Å². The summed E-state index contributed by atoms with van der Waals surface area (Å²) in [6.45, 7) is 4.80. The fraction of sp³-hybridized carbons (Fsp3) is 0.296. The van der Waals surface area contributed by atoms with E-state index >= 15 is 0 Å². The molecule has 0 saturated carbocycles. The molecule has 1 amide bonds. The minimum absolute atomic E-state index is 0.115. The number of methoxy groups -OCH3 is 1. The van der Waals surface area contributed by atoms with E-state index in [4.69, 9.17) is 9.47 Å². The van der Waals surface area contributed by atoms with E-state index in [0.717, 1.165) is 5.39 Å². The van der Waals surface area contributed by atoms with Crippen molar-refractivity contribution in [1.82, 2.24) is 9.88 Å². The average Bonchev–Trinajstić information content (AvgIpc) is 3.26. The number of benzene rings is 2. The van der Waals surface area contributed by atoms with Crippen LogP contribution in [-0.4, -0.2) is 42.6 Å². The lowest BCUT2D eigenvalue weighted by Crippen LogP contribution is -2.26. The highest BCUT2D eigenvalue weighted by Crippen LogP contribution is 2.39. The smallest absolute Gasteiger partial charge is 0.265 e. The maximum Gasteiger partial charge on any atom is 0.265 e. The van der Waals surface area contributed by atoms with Gasteiger partial charge in [-0.3, -0.25) is 19.0 Å². The van der Waals surface area contributed by atoms with Crippen molar-refractivity contribution in [3.8, 4) is 5.75 Å². The Hall–Kier alpha value is -3.49. The molecule has 0 saturated heterocycles. The Balaban J connectivity index is 1.74. The molecule has 0 aliphatic heterocycles. The van der Waals surface area contributed by atoms with E-state index in [1.54, 1.807) is 24.3 Å². The zero-order valence-corrected chi connectivity index (χ0v) is 20.8. The molecule has 0 aliphatic carbocycles. The monoisotopic (exact) mass is 492 g/mol. The first kappa shape index (κ1) is 24.6. The van der Waals surface area contributed by atoms with Crippen molar-refractivity contribution in [2.24, 2.45) is 0 Å². The predicted octanol–water partition coefficient (Wildman–Crippen LogP) is 4.65. The van der Waals surface area contributed by atoms with Gasteiger partial charge in [-0.2, -0.15) is 0 Å². The predicted molar refractivity (Wildman–Crippen MR) is 139 cm³/mol. The third-order valence-electron chi connectivity index (χ3n) is 5.63. The lowest BCUT2D eigenvalue weighted by Gasteiger charge is -2.11. The molecule has 0 atom stereocenters. The molecule has 2 aromatic heterocycles. The number of fused-ring (bicyclic) bond motifs is 3. The van der Waals surface area contributed by atoms with Gasteiger partial charge in [0.05, 0.1) is 30.0 Å². The number of amides is 1. The zero-order valence-electron chi connectivity index (χ0n) is 20.0. The van der Waals surface area contributed by atoms with Crippen molar-refractivity contribution in [2.75, 3.05) is 20.3 Å². The molecule has 35 heavy (non-hydrogen) atoms. The highest BCUT2D eigenvalue weighted by Gasteiger charge is 2.25. The van der Waals surface area contributed by atoms with Crippen LogP contribution in [0.1, 0.15) is 40.3 Å². The molecule has 1 N–H and O–H groups in total. The molecule has 0 radical (unpaired) electrons. The van der Waals surface area contributed by atoms with Gasteiger partial charge in [0.2, 0.25) is 0 Å². The maximum atomic E-state index is 13.7. The van der Waals surface area contributed by atoms with Crippen molar-refractivity contribution >= 4 is 44.0 Å². The Morgan fingerprint density at radius 3 is 2.49 bits per heavy atom. The van der Waals surface area contributed by atoms with Crippen LogP contribution in [0.4, 0.5) is 0 Å². The van der Waals surface area contributed by atoms with E-state index in [1.165, 1.54) is 23.0 Å². The summed E-state index contributed by atoms with van der Waals surface area (Å²) < 4.78 is 13.2. The lowest BCUT2D eigenvalue weighted by molar-refractivity contribution is 0.0757. The molecule has 4 aromatic rings. The topological polar surface area (TPSA) is 86.6 Å². The summed E-state index contributed by atoms with van der Waals surface area (Å²) in [5, 5.41) is 3.99. The summed E-state index contributed by atoms with van der Waals surface area (Å²) in [5.74, 6) is -0.242. The number of hydrogen-bond donors (Lipinski definition) is 1. The second kappa shape index (κ2) is 10.8. The van der Waals surface area contributed by atoms with Gasteiger partial charge in [-0.25, -0.2) is 0 Å². The largest absolute Gasteiger partial charge is 0.494 e. The number of nitrogens with zero attached hydrogens (tertiary/aromatic N) is 1. The van der Waals surface area contributed by atoms with Gasteiger partial charge in [0.1, 0.15) is 10.3 Å². The summed E-state index contributed by atoms with van der Waals surface area (Å²) in [6.07, 6.45) is 0.812. The molecule has 8 heteroatoms. The number of ether oxygens (including phenoxy) is 2. The number of aromatic nitrogens is 1. The van der Waals surface area contributed by atoms with Crippen molar-refractivity contribution in [3.05, 3.63) is 75.4 Å². The highest BCUT2D eigenvalue weighted by molar-refractivity contribution is 7.22. The zero-order chi connectivity index (χ0) is 24.9. The minimum atomic E-state index is -0.361. The molecule has 4 rings (SSSR count). The second-order valence-electron chi connectivity index (χ2n) is 8.40. The molecule has 0 aliphatic rings. The van der Waals surface area contributed by atoms with Gasteiger partial charge in [0, 0.05) is 24.1 Å². The number of ketones is 1. The Morgan fingerprint density at radius 1 is 1.06 bits per heavy atom. The number of para-hydroxylation sites is 1. The van der Waals surface area contributed by atoms with Crippen LogP contribution in [0.5, 0.6) is 5.75 Å². The fourth-order valence-corrected chi connectivity index (χ4v) is 5.19. The van der Waals surface area contributed by atoms with Crippen LogP contribution in [0.25, 0.3) is 21.0 Å². The lowest BCUT2D eigenvalue weighted by atomic mass is 10.1. The van der Waals surface area contributed by atoms with E-state index in [9.17, 15) is 14.4 Å². The number of thiophene rings is 1. The number of nitrogens with one attached hydrogen (secondary N) is 1. The average molecular weight is 493 g/mol. The second-order valence-corrected chi connectivity index (χ2v) is 9.42. The summed E-state index contributed by atoms with van der Waals surface area (Å²) >= 11 is 1.23. The van der Waals surface area contributed by atoms with Gasteiger partial charge >= 0.3 is 0 Å². The van der Waals surface area contributed by atoms with Crippen LogP contribution in [0.15, 0.2) is 59.4 Å². The first-order chi connectivity index (χ1) is 16.9. The van der Waals surface area contributed by atoms with Crippen molar-refractivity contribution in [1.29, 1.82) is 0 Å². The van der Waals surface area contributed by atoms with Crippen molar-refractivity contribution in [2.45, 2.75) is 32.9 Å². The molecule has 2 heterocycles. The minimum Gasteiger partial charge on any atom is -0.494 e.